The van der Waals surface area contributed by atoms with Crippen LogP contribution >= 0.6 is 7.82 Å². The molecule has 0 amide bonds. The molecular formula is C44H82NO10P. The number of carbonyl (C=O) groups excluding carboxylic acids is 2. The van der Waals surface area contributed by atoms with Crippen molar-refractivity contribution in [3.8, 4) is 0 Å². The molecule has 0 aliphatic rings. The molecular weight excluding hydrogens is 733 g/mol. The van der Waals surface area contributed by atoms with Crippen molar-refractivity contribution < 1.29 is 47.5 Å². The third-order valence-electron chi connectivity index (χ3n) is 9.67. The van der Waals surface area contributed by atoms with E-state index in [9.17, 15) is 23.8 Å². The molecule has 0 spiro atoms. The van der Waals surface area contributed by atoms with Crippen LogP contribution in [0.1, 0.15) is 206 Å². The summed E-state index contributed by atoms with van der Waals surface area (Å²) in [5.41, 5.74) is 5.33. The Labute approximate surface area is 340 Å². The molecule has 0 aliphatic heterocycles. The second-order valence-corrected chi connectivity index (χ2v) is 16.6. The van der Waals surface area contributed by atoms with Gasteiger partial charge in [0.05, 0.1) is 13.2 Å². The number of hydrogen-bond donors (Lipinski definition) is 3. The van der Waals surface area contributed by atoms with Crippen molar-refractivity contribution in [2.75, 3.05) is 19.8 Å². The fraction of sp³-hybridized carbons (Fsp3) is 0.841. The molecule has 1 unspecified atom stereocenters. The Morgan fingerprint density at radius 3 is 1.32 bits per heavy atom. The molecule has 0 saturated carbocycles. The number of carboxylic acid groups (broad SMARTS) is 1. The number of carboxylic acids is 1. The van der Waals surface area contributed by atoms with E-state index in [2.05, 4.69) is 42.7 Å². The summed E-state index contributed by atoms with van der Waals surface area (Å²) in [5.74, 6) is -2.38. The van der Waals surface area contributed by atoms with Crippen molar-refractivity contribution >= 4 is 25.7 Å². The van der Waals surface area contributed by atoms with Crippen LogP contribution in [0, 0.1) is 0 Å². The van der Waals surface area contributed by atoms with Crippen LogP contribution in [0.25, 0.3) is 0 Å². The summed E-state index contributed by atoms with van der Waals surface area (Å²) < 4.78 is 32.7. The smallest absolute Gasteiger partial charge is 0.472 e. The lowest BCUT2D eigenvalue weighted by atomic mass is 10.1. The zero-order valence-electron chi connectivity index (χ0n) is 35.5. The van der Waals surface area contributed by atoms with Gasteiger partial charge < -0.3 is 25.2 Å². The van der Waals surface area contributed by atoms with Crippen molar-refractivity contribution in [1.82, 2.24) is 0 Å². The molecule has 0 aromatic carbocycles. The molecule has 0 aromatic rings. The highest BCUT2D eigenvalue weighted by Crippen LogP contribution is 2.43. The Morgan fingerprint density at radius 2 is 0.893 bits per heavy atom. The minimum atomic E-state index is -4.72. The van der Waals surface area contributed by atoms with Gasteiger partial charge in [0, 0.05) is 12.8 Å². The Kier molecular flexibility index (Phi) is 38.3. The highest BCUT2D eigenvalue weighted by molar-refractivity contribution is 7.47. The van der Waals surface area contributed by atoms with Gasteiger partial charge in [0.25, 0.3) is 0 Å². The van der Waals surface area contributed by atoms with Crippen LogP contribution in [0.5, 0.6) is 0 Å². The standard InChI is InChI=1S/C44H82NO10P/c1-3-5-7-9-11-13-15-17-19-20-22-24-26-28-30-32-34-36-43(47)55-40(38-53-56(50,51)54-39-41(45)44(48)49)37-52-42(46)35-33-31-29-27-25-23-21-18-16-14-12-10-8-6-4-2/h14,16-17,19,40-41H,3-13,15,18,20-39,45H2,1-2H3,(H,48,49)(H,50,51)/b16-14-,19-17-/t40-,41+/m1/s1. The number of rotatable bonds is 42. The van der Waals surface area contributed by atoms with Gasteiger partial charge in [0.2, 0.25) is 0 Å². The first-order valence-electron chi connectivity index (χ1n) is 22.4. The number of esters is 2. The monoisotopic (exact) mass is 816 g/mol. The van der Waals surface area contributed by atoms with Gasteiger partial charge in [-0.05, 0) is 64.2 Å². The van der Waals surface area contributed by atoms with E-state index < -0.39 is 51.1 Å². The normalized spacial score (nSPS) is 13.9. The van der Waals surface area contributed by atoms with Crippen LogP contribution in [0.4, 0.5) is 0 Å². The molecule has 0 bridgehead atoms. The van der Waals surface area contributed by atoms with E-state index in [1.165, 1.54) is 116 Å². The van der Waals surface area contributed by atoms with Crippen LogP contribution in [-0.2, 0) is 37.5 Å². The van der Waals surface area contributed by atoms with Crippen LogP contribution < -0.4 is 5.73 Å². The molecule has 0 aromatic heterocycles. The van der Waals surface area contributed by atoms with Gasteiger partial charge in [0.1, 0.15) is 12.6 Å². The van der Waals surface area contributed by atoms with Gasteiger partial charge in [0.15, 0.2) is 6.10 Å². The number of ether oxygens (including phenoxy) is 2. The molecule has 3 atom stereocenters. The maximum absolute atomic E-state index is 12.6. The first kappa shape index (κ1) is 54.0. The van der Waals surface area contributed by atoms with Gasteiger partial charge in [-0.1, -0.05) is 154 Å². The van der Waals surface area contributed by atoms with Crippen LogP contribution in [0.15, 0.2) is 24.3 Å². The molecule has 56 heavy (non-hydrogen) atoms. The summed E-state index contributed by atoms with van der Waals surface area (Å²) in [6, 6.07) is -1.52. The molecule has 0 fully saturated rings. The highest BCUT2D eigenvalue weighted by atomic mass is 31.2. The number of nitrogens with two attached hydrogens (primary N) is 1. The Balaban J connectivity index is 4.35. The third-order valence-corrected chi connectivity index (χ3v) is 10.6. The number of aliphatic carboxylic acids is 1. The van der Waals surface area contributed by atoms with Crippen molar-refractivity contribution in [2.24, 2.45) is 5.73 Å². The van der Waals surface area contributed by atoms with Crippen molar-refractivity contribution in [3.63, 3.8) is 0 Å². The maximum atomic E-state index is 12.6. The lowest BCUT2D eigenvalue weighted by Crippen LogP contribution is -2.34. The van der Waals surface area contributed by atoms with Crippen LogP contribution in [0.3, 0.4) is 0 Å². The predicted octanol–water partition coefficient (Wildman–Crippen LogP) is 11.8. The molecule has 0 radical (unpaired) electrons. The second kappa shape index (κ2) is 39.8. The molecule has 0 rings (SSSR count). The molecule has 4 N–H and O–H groups in total. The van der Waals surface area contributed by atoms with Gasteiger partial charge in [-0.25, -0.2) is 4.57 Å². The zero-order chi connectivity index (χ0) is 41.4. The predicted molar refractivity (Wildman–Crippen MR) is 226 cm³/mol. The summed E-state index contributed by atoms with van der Waals surface area (Å²) in [6.45, 7) is 2.79. The van der Waals surface area contributed by atoms with Crippen molar-refractivity contribution in [2.45, 2.75) is 219 Å². The topological polar surface area (TPSA) is 172 Å². The fourth-order valence-electron chi connectivity index (χ4n) is 6.11. The molecule has 0 saturated heterocycles. The number of phosphoric ester groups is 1. The largest absolute Gasteiger partial charge is 0.480 e. The first-order chi connectivity index (χ1) is 27.1. The summed E-state index contributed by atoms with van der Waals surface area (Å²) in [6.07, 6.45) is 40.9. The van der Waals surface area contributed by atoms with E-state index in [-0.39, 0.29) is 19.4 Å². The van der Waals surface area contributed by atoms with E-state index in [1.807, 2.05) is 0 Å². The maximum Gasteiger partial charge on any atom is 0.472 e. The lowest BCUT2D eigenvalue weighted by Gasteiger charge is -2.20. The summed E-state index contributed by atoms with van der Waals surface area (Å²) >= 11 is 0. The van der Waals surface area contributed by atoms with Gasteiger partial charge in [-0.3, -0.25) is 23.4 Å². The Morgan fingerprint density at radius 1 is 0.536 bits per heavy atom. The average molecular weight is 816 g/mol. The molecule has 328 valence electrons. The van der Waals surface area contributed by atoms with E-state index in [1.54, 1.807) is 0 Å². The van der Waals surface area contributed by atoms with Crippen LogP contribution in [-0.4, -0.2) is 59.9 Å². The van der Waals surface area contributed by atoms with E-state index >= 15 is 0 Å². The highest BCUT2D eigenvalue weighted by Gasteiger charge is 2.28. The molecule has 11 nitrogen and oxygen atoms in total. The minimum absolute atomic E-state index is 0.157. The Hall–Kier alpha value is -2.04. The molecule has 0 aliphatic carbocycles. The lowest BCUT2D eigenvalue weighted by molar-refractivity contribution is -0.161. The number of carbonyl (C=O) groups is 3. The average Bonchev–Trinajstić information content (AvgIpc) is 3.17. The van der Waals surface area contributed by atoms with Gasteiger partial charge in [-0.15, -0.1) is 0 Å². The van der Waals surface area contributed by atoms with E-state index in [0.717, 1.165) is 51.4 Å². The fourth-order valence-corrected chi connectivity index (χ4v) is 6.89. The summed E-state index contributed by atoms with van der Waals surface area (Å²) in [5, 5.41) is 8.89. The van der Waals surface area contributed by atoms with Crippen molar-refractivity contribution in [1.29, 1.82) is 0 Å². The third kappa shape index (κ3) is 38.8. The minimum Gasteiger partial charge on any atom is -0.480 e. The van der Waals surface area contributed by atoms with E-state index in [4.69, 9.17) is 24.8 Å². The van der Waals surface area contributed by atoms with Crippen molar-refractivity contribution in [3.05, 3.63) is 24.3 Å². The molecule has 12 heteroatoms. The quantitative estimate of drug-likeness (QED) is 0.0232. The van der Waals surface area contributed by atoms with E-state index in [0.29, 0.717) is 12.8 Å². The summed E-state index contributed by atoms with van der Waals surface area (Å²) in [4.78, 5) is 46.0. The number of allylic oxidation sites excluding steroid dienone is 4. The Bertz CT molecular complexity index is 1050. The first-order valence-corrected chi connectivity index (χ1v) is 23.9. The molecule has 0 heterocycles. The summed E-state index contributed by atoms with van der Waals surface area (Å²) in [7, 11) is -4.72. The zero-order valence-corrected chi connectivity index (χ0v) is 36.4. The van der Waals surface area contributed by atoms with Gasteiger partial charge >= 0.3 is 25.7 Å². The second-order valence-electron chi connectivity index (χ2n) is 15.2. The van der Waals surface area contributed by atoms with Gasteiger partial charge in [-0.2, -0.15) is 0 Å². The number of hydrogen-bond acceptors (Lipinski definition) is 9. The van der Waals surface area contributed by atoms with Crippen LogP contribution in [0.2, 0.25) is 0 Å². The SMILES string of the molecule is CCCCCC/C=C\CCCCCCCCCC(=O)OC[C@H](COP(=O)(O)OC[C@H](N)C(=O)O)OC(=O)CCCCCCCCC/C=C\CCCCCCCC. The number of phosphoric acid groups is 1. The number of unbranched alkanes of at least 4 members (excludes halogenated alkanes) is 24.